The van der Waals surface area contributed by atoms with E-state index in [2.05, 4.69) is 123 Å². The van der Waals surface area contributed by atoms with Gasteiger partial charge in [0.2, 0.25) is 0 Å². The van der Waals surface area contributed by atoms with Crippen LogP contribution >= 0.6 is 0 Å². The molecule has 96 heavy (non-hydrogen) atoms. The molecule has 502 valence electrons. The highest BCUT2D eigenvalue weighted by atomic mass is 16.5. The first-order valence-electron chi connectivity index (χ1n) is 33.1. The van der Waals surface area contributed by atoms with E-state index in [9.17, 15) is 9.59 Å². The van der Waals surface area contributed by atoms with Crippen LogP contribution in [0.1, 0.15) is 103 Å². The van der Waals surface area contributed by atoms with Gasteiger partial charge in [-0.25, -0.2) is 39.3 Å². The third kappa shape index (κ3) is 15.4. The zero-order chi connectivity index (χ0) is 67.3. The van der Waals surface area contributed by atoms with Crippen LogP contribution in [-0.4, -0.2) is 189 Å². The molecule has 1 aliphatic carbocycles. The second kappa shape index (κ2) is 29.2. The highest BCUT2D eigenvalue weighted by Crippen LogP contribution is 2.35. The molecule has 4 aliphatic heterocycles. The van der Waals surface area contributed by atoms with Crippen molar-refractivity contribution in [1.29, 1.82) is 0 Å². The van der Waals surface area contributed by atoms with Crippen LogP contribution in [0.4, 0.5) is 17.5 Å². The average molecular weight is 1300 g/mol. The van der Waals surface area contributed by atoms with Crippen molar-refractivity contribution >= 4 is 29.3 Å². The maximum Gasteiger partial charge on any atom is 0.263 e. The van der Waals surface area contributed by atoms with Crippen LogP contribution in [0.2, 0.25) is 0 Å². The van der Waals surface area contributed by atoms with Crippen LogP contribution in [-0.2, 0) is 54.9 Å². The summed E-state index contributed by atoms with van der Waals surface area (Å²) in [4.78, 5) is 63.0. The summed E-state index contributed by atoms with van der Waals surface area (Å²) in [6, 6.07) is 13.4. The van der Waals surface area contributed by atoms with Crippen molar-refractivity contribution in [2.45, 2.75) is 105 Å². The predicted molar refractivity (Wildman–Crippen MR) is 369 cm³/mol. The first-order valence-corrected chi connectivity index (χ1v) is 33.1. The second-order valence-electron chi connectivity index (χ2n) is 26.1. The van der Waals surface area contributed by atoms with Crippen molar-refractivity contribution in [3.63, 3.8) is 0 Å². The van der Waals surface area contributed by atoms with Gasteiger partial charge >= 0.3 is 0 Å². The molecular weight excluding hydrogens is 1210 g/mol. The largest absolute Gasteiger partial charge is 0.433 e. The van der Waals surface area contributed by atoms with E-state index >= 15 is 0 Å². The zero-order valence-electron chi connectivity index (χ0n) is 56.6. The van der Waals surface area contributed by atoms with E-state index in [1.165, 1.54) is 60.9 Å². The van der Waals surface area contributed by atoms with Crippen LogP contribution in [0.25, 0.3) is 45.4 Å². The first kappa shape index (κ1) is 66.5. The van der Waals surface area contributed by atoms with Gasteiger partial charge in [0.05, 0.1) is 78.2 Å². The summed E-state index contributed by atoms with van der Waals surface area (Å²) in [5.74, 6) is 2.93. The molecule has 0 radical (unpaired) electrons. The Bertz CT molecular complexity index is 4280. The van der Waals surface area contributed by atoms with Gasteiger partial charge in [0.1, 0.15) is 0 Å². The minimum atomic E-state index is -0.141. The quantitative estimate of drug-likeness (QED) is 0.0768. The van der Waals surface area contributed by atoms with Gasteiger partial charge in [-0.15, -0.1) is 0 Å². The molecule has 0 spiro atoms. The van der Waals surface area contributed by atoms with E-state index in [1.807, 2.05) is 24.9 Å². The summed E-state index contributed by atoms with van der Waals surface area (Å²) in [7, 11) is 10.0. The van der Waals surface area contributed by atoms with E-state index < -0.39 is 0 Å². The monoisotopic (exact) mass is 1300 g/mol. The molecule has 10 heterocycles. The van der Waals surface area contributed by atoms with Gasteiger partial charge in [0.25, 0.3) is 17.7 Å². The summed E-state index contributed by atoms with van der Waals surface area (Å²) < 4.78 is 21.7. The fraction of sp³-hybridized carbons (Fsp3) is 0.423. The number of aryl methyl sites for hydroxylation is 3. The number of nitrogens with zero attached hydrogens (tertiary/aromatic N) is 17. The molecule has 25 heteroatoms. The van der Waals surface area contributed by atoms with E-state index in [-0.39, 0.29) is 29.3 Å². The molecule has 0 unspecified atom stereocenters. The lowest BCUT2D eigenvalue weighted by molar-refractivity contribution is 0.0601. The fourth-order valence-electron chi connectivity index (χ4n) is 13.0. The molecule has 9 aromatic rings. The highest BCUT2D eigenvalue weighted by molar-refractivity contribution is 5.94. The van der Waals surface area contributed by atoms with Crippen LogP contribution in [0.15, 0.2) is 92.2 Å². The minimum absolute atomic E-state index is 0.0362. The second-order valence-corrected chi connectivity index (χ2v) is 26.1. The van der Waals surface area contributed by atoms with Crippen LogP contribution < -0.4 is 21.9 Å². The van der Waals surface area contributed by atoms with E-state index in [4.69, 9.17) is 46.4 Å². The summed E-state index contributed by atoms with van der Waals surface area (Å²) in [5.41, 5.74) is 36.7. The van der Waals surface area contributed by atoms with Crippen molar-refractivity contribution in [3.05, 3.63) is 153 Å². The SMILES string of the molecule is CCOCCN(C)C(=O)c1cnn(-c2nc(-c3cc(C)c4c(c3)CN(C)CC4)cnc2N)c1.Cc1cc(-c2cnc(N)c(-n3cc(C(=O)N(C)C4CC4)cn3)n2)cc2c1CCN(C)C2.Cc1cc(-c2cnc(N)c(Oc3cnn(CC4CCOCC4)c3)n2)cc2c1CCN(C)C2. The van der Waals surface area contributed by atoms with Gasteiger partial charge in [0, 0.05) is 121 Å². The van der Waals surface area contributed by atoms with Crippen LogP contribution in [0.3, 0.4) is 0 Å². The van der Waals surface area contributed by atoms with Crippen molar-refractivity contribution in [2.24, 2.45) is 5.92 Å². The van der Waals surface area contributed by atoms with E-state index in [0.717, 1.165) is 138 Å². The molecule has 1 saturated carbocycles. The zero-order valence-corrected chi connectivity index (χ0v) is 56.6. The van der Waals surface area contributed by atoms with Gasteiger partial charge in [-0.1, -0.05) is 0 Å². The number of carbonyl (C=O) groups is 2. The number of ether oxygens (including phenoxy) is 3. The average Bonchev–Trinajstić information content (AvgIpc) is 0.846. The smallest absolute Gasteiger partial charge is 0.263 e. The van der Waals surface area contributed by atoms with Crippen molar-refractivity contribution < 1.29 is 23.8 Å². The Kier molecular flexibility index (Phi) is 20.2. The highest BCUT2D eigenvalue weighted by Gasteiger charge is 2.31. The summed E-state index contributed by atoms with van der Waals surface area (Å²) in [6.45, 7) is 18.5. The standard InChI is InChI=1S/C24H31N7O2.C24H30N6O2.C23H27N7O/c1-5-33-9-8-30(4)24(32)19-12-27-31(15-19)23-22(25)26-13-21(28-23)17-10-16(2)20-6-7-29(3)14-18(20)11-17;1-16-9-18(10-19-14-29(2)6-3-21(16)19)22-12-26-23(25)24(28-22)32-20-11-27-30(15-20)13-17-4-7-31-8-5-17;1-14-8-15(9-16-12-28(2)7-6-19(14)16)20-11-25-21(24)22(27-20)30-13-17(10-26-30)23(31)29(3)18-4-5-18/h10-13,15H,5-9,14H2,1-4H3,(H2,25,26);9-12,15,17H,3-8,13-14H2,1-2H3,(H2,25,26);8-11,13,18H,4-7,12H2,1-3H3,(H2,24,25). The number of carbonyl (C=O) groups excluding carboxylic acids is 2. The molecule has 2 amide bonds. The predicted octanol–water partition coefficient (Wildman–Crippen LogP) is 8.20. The number of nitrogens with two attached hydrogens (primary N) is 3. The van der Waals surface area contributed by atoms with Gasteiger partial charge in [-0.2, -0.15) is 15.3 Å². The number of nitrogen functional groups attached to an aromatic ring is 3. The molecule has 5 aliphatic rings. The van der Waals surface area contributed by atoms with Crippen LogP contribution in [0.5, 0.6) is 11.6 Å². The number of benzene rings is 3. The summed E-state index contributed by atoms with van der Waals surface area (Å²) in [6.07, 6.45) is 22.5. The third-order valence-corrected chi connectivity index (χ3v) is 18.7. The normalized spacial score (nSPS) is 15.7. The molecule has 25 nitrogen and oxygen atoms in total. The summed E-state index contributed by atoms with van der Waals surface area (Å²) in [5, 5.41) is 13.1. The van der Waals surface area contributed by atoms with Gasteiger partial charge in [0.15, 0.2) is 34.8 Å². The molecule has 0 bridgehead atoms. The van der Waals surface area contributed by atoms with Crippen molar-refractivity contribution in [1.82, 2.24) is 83.7 Å². The Morgan fingerprint density at radius 2 is 1.05 bits per heavy atom. The molecule has 0 atom stereocenters. The van der Waals surface area contributed by atoms with Crippen molar-refractivity contribution in [2.75, 3.05) is 105 Å². The molecule has 3 aromatic carbocycles. The number of amides is 2. The Hall–Kier alpha value is -9.53. The Labute approximate surface area is 560 Å². The molecule has 1 saturated heterocycles. The Morgan fingerprint density at radius 1 is 0.583 bits per heavy atom. The summed E-state index contributed by atoms with van der Waals surface area (Å²) >= 11 is 0. The number of hydrogen-bond acceptors (Lipinski definition) is 20. The first-order chi connectivity index (χ1) is 46.3. The molecule has 6 aromatic heterocycles. The lowest BCUT2D eigenvalue weighted by atomic mass is 9.92. The number of likely N-dealkylation sites (N-methyl/N-ethyl adjacent to an activating group) is 4. The van der Waals surface area contributed by atoms with E-state index in [0.29, 0.717) is 66.1 Å². The molecule has 6 N–H and O–H groups in total. The maximum absolute atomic E-state index is 12.7. The topological polar surface area (TPSA) is 287 Å². The van der Waals surface area contributed by atoms with Gasteiger partial charge in [-0.05, 0) is 186 Å². The Morgan fingerprint density at radius 3 is 1.53 bits per heavy atom. The number of aromatic nitrogens is 12. The fourth-order valence-corrected chi connectivity index (χ4v) is 13.0. The molecular formula is C71H88N20O5. The third-order valence-electron chi connectivity index (χ3n) is 18.7. The van der Waals surface area contributed by atoms with Gasteiger partial charge in [-0.3, -0.25) is 14.3 Å². The minimum Gasteiger partial charge on any atom is -0.433 e. The van der Waals surface area contributed by atoms with Crippen LogP contribution in [0, 0.1) is 26.7 Å². The number of hydrogen-bond donors (Lipinski definition) is 3. The molecule has 14 rings (SSSR count). The molecule has 2 fully saturated rings. The number of rotatable bonds is 16. The lowest BCUT2D eigenvalue weighted by Crippen LogP contribution is -2.29. The van der Waals surface area contributed by atoms with Crippen molar-refractivity contribution in [3.8, 4) is 57.0 Å². The number of anilines is 3. The maximum atomic E-state index is 12.7. The van der Waals surface area contributed by atoms with Gasteiger partial charge < -0.3 is 55.9 Å². The van der Waals surface area contributed by atoms with E-state index in [1.54, 1.807) is 64.9 Å². The Balaban J connectivity index is 0.000000138. The lowest BCUT2D eigenvalue weighted by Gasteiger charge is -2.27. The number of fused-ring (bicyclic) bond motifs is 3.